The first-order valence-corrected chi connectivity index (χ1v) is 8.29. The van der Waals surface area contributed by atoms with Crippen LogP contribution in [0.25, 0.3) is 11.3 Å². The second-order valence-electron chi connectivity index (χ2n) is 4.99. The third-order valence-corrected chi connectivity index (χ3v) is 4.18. The smallest absolute Gasteiger partial charge is 0.209 e. The molecule has 0 radical (unpaired) electrons. The van der Waals surface area contributed by atoms with Crippen LogP contribution in [0.4, 0.5) is 0 Å². The van der Waals surface area contributed by atoms with Gasteiger partial charge >= 0.3 is 0 Å². The molecule has 20 heavy (non-hydrogen) atoms. The van der Waals surface area contributed by atoms with Gasteiger partial charge in [-0.2, -0.15) is 0 Å². The molecule has 0 fully saturated rings. The lowest BCUT2D eigenvalue weighted by Crippen LogP contribution is -2.32. The van der Waals surface area contributed by atoms with Crippen LogP contribution in [0, 0.1) is 0 Å². The van der Waals surface area contributed by atoms with E-state index in [-0.39, 0.29) is 6.04 Å². The summed E-state index contributed by atoms with van der Waals surface area (Å²) < 4.78 is 17.0. The Morgan fingerprint density at radius 3 is 2.70 bits per heavy atom. The van der Waals surface area contributed by atoms with Crippen molar-refractivity contribution in [3.8, 4) is 11.3 Å². The first kappa shape index (κ1) is 14.9. The van der Waals surface area contributed by atoms with E-state index in [1.165, 1.54) is 0 Å². The molecule has 0 amide bonds. The van der Waals surface area contributed by atoms with Gasteiger partial charge in [0, 0.05) is 34.4 Å². The van der Waals surface area contributed by atoms with E-state index < -0.39 is 10.8 Å². The van der Waals surface area contributed by atoms with Crippen LogP contribution in [0.5, 0.6) is 0 Å². The Balaban J connectivity index is 2.01. The summed E-state index contributed by atoms with van der Waals surface area (Å²) in [4.78, 5) is 6.41. The molecule has 1 aromatic carbocycles. The number of rotatable bonds is 6. The van der Waals surface area contributed by atoms with Crippen molar-refractivity contribution in [2.24, 2.45) is 0 Å². The number of benzene rings is 1. The molecule has 5 heteroatoms. The van der Waals surface area contributed by atoms with Crippen molar-refractivity contribution in [1.82, 2.24) is 9.88 Å². The standard InChI is InChI=1S/C15H20N2O2S/c1-12(11-20(3)18)17(2)10-15-16-9-14(19-15)13-7-5-4-6-8-13/h4-9,12H,10-11H2,1-3H3. The van der Waals surface area contributed by atoms with Crippen LogP contribution in [0.15, 0.2) is 40.9 Å². The Hall–Kier alpha value is -1.46. The minimum absolute atomic E-state index is 0.230. The monoisotopic (exact) mass is 292 g/mol. The summed E-state index contributed by atoms with van der Waals surface area (Å²) in [6, 6.07) is 10.1. The van der Waals surface area contributed by atoms with Gasteiger partial charge in [0.05, 0.1) is 12.7 Å². The molecule has 0 aliphatic carbocycles. The molecule has 2 aromatic rings. The fraction of sp³-hybridized carbons (Fsp3) is 0.400. The average molecular weight is 292 g/mol. The summed E-state index contributed by atoms with van der Waals surface area (Å²) in [7, 11) is 1.20. The molecule has 4 nitrogen and oxygen atoms in total. The lowest BCUT2D eigenvalue weighted by atomic mass is 10.2. The van der Waals surface area contributed by atoms with Gasteiger partial charge in [0.15, 0.2) is 5.76 Å². The van der Waals surface area contributed by atoms with Gasteiger partial charge in [-0.1, -0.05) is 30.3 Å². The molecule has 0 aliphatic heterocycles. The van der Waals surface area contributed by atoms with Gasteiger partial charge in [0.1, 0.15) is 0 Å². The maximum Gasteiger partial charge on any atom is 0.209 e. The average Bonchev–Trinajstić information content (AvgIpc) is 2.87. The first-order chi connectivity index (χ1) is 9.56. The molecule has 1 heterocycles. The lowest BCUT2D eigenvalue weighted by Gasteiger charge is -2.22. The fourth-order valence-electron chi connectivity index (χ4n) is 1.96. The van der Waals surface area contributed by atoms with Crippen LogP contribution in [0.3, 0.4) is 0 Å². The third kappa shape index (κ3) is 4.02. The summed E-state index contributed by atoms with van der Waals surface area (Å²) in [6.45, 7) is 2.67. The van der Waals surface area contributed by atoms with Gasteiger partial charge in [-0.05, 0) is 14.0 Å². The van der Waals surface area contributed by atoms with E-state index in [0.29, 0.717) is 18.2 Å². The molecule has 0 N–H and O–H groups in total. The van der Waals surface area contributed by atoms with Gasteiger partial charge < -0.3 is 4.42 Å². The highest BCUT2D eigenvalue weighted by Crippen LogP contribution is 2.20. The number of oxazole rings is 1. The molecule has 2 atom stereocenters. The zero-order chi connectivity index (χ0) is 14.5. The van der Waals surface area contributed by atoms with Crippen molar-refractivity contribution in [1.29, 1.82) is 0 Å². The summed E-state index contributed by atoms with van der Waals surface area (Å²) in [5.74, 6) is 2.11. The molecular weight excluding hydrogens is 272 g/mol. The maximum absolute atomic E-state index is 11.2. The highest BCUT2D eigenvalue weighted by molar-refractivity contribution is 7.84. The maximum atomic E-state index is 11.2. The van der Waals surface area contributed by atoms with Gasteiger partial charge in [0.2, 0.25) is 5.89 Å². The topological polar surface area (TPSA) is 46.3 Å². The second kappa shape index (κ2) is 6.81. The first-order valence-electron chi connectivity index (χ1n) is 6.56. The normalized spacial score (nSPS) is 14.4. The Morgan fingerprint density at radius 2 is 2.05 bits per heavy atom. The van der Waals surface area contributed by atoms with E-state index >= 15 is 0 Å². The molecule has 2 unspecified atom stereocenters. The van der Waals surface area contributed by atoms with Gasteiger partial charge in [-0.25, -0.2) is 4.98 Å². The van der Waals surface area contributed by atoms with Crippen LogP contribution in [0.1, 0.15) is 12.8 Å². The molecule has 0 bridgehead atoms. The van der Waals surface area contributed by atoms with E-state index in [0.717, 1.165) is 11.3 Å². The zero-order valence-electron chi connectivity index (χ0n) is 12.1. The largest absolute Gasteiger partial charge is 0.439 e. The van der Waals surface area contributed by atoms with E-state index in [2.05, 4.69) is 16.8 Å². The predicted octanol–water partition coefficient (Wildman–Crippen LogP) is 2.54. The van der Waals surface area contributed by atoms with Crippen LogP contribution < -0.4 is 0 Å². The second-order valence-corrected chi connectivity index (χ2v) is 6.47. The SMILES string of the molecule is CC(CS(C)=O)N(C)Cc1ncc(-c2ccccc2)o1. The molecule has 0 aliphatic rings. The fourth-order valence-corrected chi connectivity index (χ4v) is 2.89. The van der Waals surface area contributed by atoms with E-state index in [1.807, 2.05) is 37.4 Å². The lowest BCUT2D eigenvalue weighted by molar-refractivity contribution is 0.242. The summed E-state index contributed by atoms with van der Waals surface area (Å²) in [5, 5.41) is 0. The predicted molar refractivity (Wildman–Crippen MR) is 81.8 cm³/mol. The van der Waals surface area contributed by atoms with Gasteiger partial charge in [0.25, 0.3) is 0 Å². The van der Waals surface area contributed by atoms with E-state index in [4.69, 9.17) is 4.42 Å². The molecule has 0 spiro atoms. The minimum Gasteiger partial charge on any atom is -0.439 e. The van der Waals surface area contributed by atoms with Crippen LogP contribution in [-0.4, -0.2) is 39.2 Å². The minimum atomic E-state index is -0.791. The molecule has 2 rings (SSSR count). The van der Waals surface area contributed by atoms with E-state index in [1.54, 1.807) is 12.5 Å². The van der Waals surface area contributed by atoms with Crippen LogP contribution in [0.2, 0.25) is 0 Å². The number of hydrogen-bond acceptors (Lipinski definition) is 4. The van der Waals surface area contributed by atoms with Crippen molar-refractivity contribution in [3.05, 3.63) is 42.4 Å². The van der Waals surface area contributed by atoms with Crippen molar-refractivity contribution in [3.63, 3.8) is 0 Å². The quantitative estimate of drug-likeness (QED) is 0.821. The Kier molecular flexibility index (Phi) is 5.09. The Labute approximate surface area is 122 Å². The highest BCUT2D eigenvalue weighted by Gasteiger charge is 2.14. The van der Waals surface area contributed by atoms with E-state index in [9.17, 15) is 4.21 Å². The molecule has 108 valence electrons. The zero-order valence-corrected chi connectivity index (χ0v) is 12.9. The third-order valence-electron chi connectivity index (χ3n) is 3.22. The van der Waals surface area contributed by atoms with Crippen molar-refractivity contribution >= 4 is 10.8 Å². The Bertz CT molecular complexity index is 568. The van der Waals surface area contributed by atoms with Crippen LogP contribution >= 0.6 is 0 Å². The highest BCUT2D eigenvalue weighted by atomic mass is 32.2. The number of nitrogens with zero attached hydrogens (tertiary/aromatic N) is 2. The van der Waals surface area contributed by atoms with Crippen LogP contribution in [-0.2, 0) is 17.3 Å². The summed E-state index contributed by atoms with van der Waals surface area (Å²) in [5.41, 5.74) is 1.02. The van der Waals surface area contributed by atoms with Gasteiger partial charge in [-0.15, -0.1) is 0 Å². The molecule has 0 saturated heterocycles. The van der Waals surface area contributed by atoms with Gasteiger partial charge in [-0.3, -0.25) is 9.11 Å². The molecule has 0 saturated carbocycles. The molecular formula is C15H20N2O2S. The number of hydrogen-bond donors (Lipinski definition) is 0. The molecule has 1 aromatic heterocycles. The Morgan fingerprint density at radius 1 is 1.35 bits per heavy atom. The van der Waals surface area contributed by atoms with Crippen molar-refractivity contribution in [2.75, 3.05) is 19.1 Å². The number of aromatic nitrogens is 1. The summed E-state index contributed by atoms with van der Waals surface area (Å²) >= 11 is 0. The van der Waals surface area contributed by atoms with Crippen molar-refractivity contribution in [2.45, 2.75) is 19.5 Å². The van der Waals surface area contributed by atoms with Crippen molar-refractivity contribution < 1.29 is 8.63 Å². The summed E-state index contributed by atoms with van der Waals surface area (Å²) in [6.07, 6.45) is 3.48.